The molecule has 1 atom stereocenters. The SMILES string of the molecule is COC(=O)C(C)C(=O)CC=Cc1ccccc1. The maximum Gasteiger partial charge on any atom is 0.315 e. The van der Waals surface area contributed by atoms with Gasteiger partial charge in [-0.1, -0.05) is 42.5 Å². The number of ketones is 1. The van der Waals surface area contributed by atoms with Gasteiger partial charge in [-0.15, -0.1) is 0 Å². The Morgan fingerprint density at radius 2 is 1.94 bits per heavy atom. The summed E-state index contributed by atoms with van der Waals surface area (Å²) in [4.78, 5) is 22.7. The molecule has 3 nitrogen and oxygen atoms in total. The van der Waals surface area contributed by atoms with E-state index in [0.717, 1.165) is 5.56 Å². The Kier molecular flexibility index (Phi) is 5.14. The van der Waals surface area contributed by atoms with Gasteiger partial charge in [0.2, 0.25) is 0 Å². The van der Waals surface area contributed by atoms with Gasteiger partial charge in [-0.2, -0.15) is 0 Å². The van der Waals surface area contributed by atoms with E-state index in [-0.39, 0.29) is 12.2 Å². The van der Waals surface area contributed by atoms with Gasteiger partial charge >= 0.3 is 5.97 Å². The molecule has 0 aliphatic carbocycles. The Hall–Kier alpha value is -1.90. The molecule has 0 amide bonds. The van der Waals surface area contributed by atoms with Crippen LogP contribution >= 0.6 is 0 Å². The molecule has 90 valence electrons. The highest BCUT2D eigenvalue weighted by molar-refractivity contribution is 5.99. The number of carbonyl (C=O) groups is 2. The summed E-state index contributed by atoms with van der Waals surface area (Å²) in [5.41, 5.74) is 1.03. The number of ether oxygens (including phenoxy) is 1. The van der Waals surface area contributed by atoms with E-state index in [1.54, 1.807) is 13.0 Å². The summed E-state index contributed by atoms with van der Waals surface area (Å²) in [6.07, 6.45) is 3.87. The van der Waals surface area contributed by atoms with Crippen molar-refractivity contribution in [1.29, 1.82) is 0 Å². The van der Waals surface area contributed by atoms with Crippen LogP contribution in [-0.4, -0.2) is 18.9 Å². The summed E-state index contributed by atoms with van der Waals surface area (Å²) >= 11 is 0. The number of Topliss-reactive ketones (excluding diaryl/α,β-unsaturated/α-hetero) is 1. The van der Waals surface area contributed by atoms with Crippen LogP contribution < -0.4 is 0 Å². The van der Waals surface area contributed by atoms with Crippen LogP contribution in [0.2, 0.25) is 0 Å². The number of rotatable bonds is 5. The minimum Gasteiger partial charge on any atom is -0.468 e. The number of carbonyl (C=O) groups excluding carboxylic acids is 2. The molecule has 0 aromatic heterocycles. The van der Waals surface area contributed by atoms with Crippen LogP contribution in [0.25, 0.3) is 6.08 Å². The van der Waals surface area contributed by atoms with E-state index in [1.165, 1.54) is 7.11 Å². The molecule has 0 saturated carbocycles. The third kappa shape index (κ3) is 4.23. The zero-order chi connectivity index (χ0) is 12.7. The van der Waals surface area contributed by atoms with Crippen LogP contribution in [0.15, 0.2) is 36.4 Å². The van der Waals surface area contributed by atoms with E-state index in [2.05, 4.69) is 4.74 Å². The summed E-state index contributed by atoms with van der Waals surface area (Å²) in [5.74, 6) is -1.31. The molecular formula is C14H16O3. The van der Waals surface area contributed by atoms with Gasteiger partial charge in [0.15, 0.2) is 5.78 Å². The number of allylic oxidation sites excluding steroid dienone is 1. The fraction of sp³-hybridized carbons (Fsp3) is 0.286. The first-order valence-electron chi connectivity index (χ1n) is 5.47. The van der Waals surface area contributed by atoms with E-state index in [1.807, 2.05) is 36.4 Å². The van der Waals surface area contributed by atoms with Gasteiger partial charge in [-0.25, -0.2) is 0 Å². The predicted octanol–water partition coefficient (Wildman–Crippen LogP) is 2.47. The van der Waals surface area contributed by atoms with E-state index in [9.17, 15) is 9.59 Å². The van der Waals surface area contributed by atoms with Crippen LogP contribution in [0.3, 0.4) is 0 Å². The van der Waals surface area contributed by atoms with E-state index < -0.39 is 11.9 Å². The first kappa shape index (κ1) is 13.2. The highest BCUT2D eigenvalue weighted by Gasteiger charge is 2.20. The van der Waals surface area contributed by atoms with Crippen LogP contribution in [0, 0.1) is 5.92 Å². The maximum absolute atomic E-state index is 11.6. The number of esters is 1. The van der Waals surface area contributed by atoms with Gasteiger partial charge in [0.1, 0.15) is 5.92 Å². The van der Waals surface area contributed by atoms with Crippen molar-refractivity contribution in [3.63, 3.8) is 0 Å². The molecule has 3 heteroatoms. The summed E-state index contributed by atoms with van der Waals surface area (Å²) in [5, 5.41) is 0. The predicted molar refractivity (Wildman–Crippen MR) is 66.3 cm³/mol. The lowest BCUT2D eigenvalue weighted by molar-refractivity contribution is -0.148. The summed E-state index contributed by atoms with van der Waals surface area (Å²) in [6.45, 7) is 1.56. The highest BCUT2D eigenvalue weighted by atomic mass is 16.5. The van der Waals surface area contributed by atoms with Gasteiger partial charge in [0.05, 0.1) is 7.11 Å². The molecule has 0 aliphatic rings. The molecule has 0 N–H and O–H groups in total. The van der Waals surface area contributed by atoms with Crippen molar-refractivity contribution in [1.82, 2.24) is 0 Å². The Labute approximate surface area is 101 Å². The number of hydrogen-bond donors (Lipinski definition) is 0. The molecule has 0 aliphatic heterocycles. The molecule has 0 spiro atoms. The topological polar surface area (TPSA) is 43.4 Å². The second-order valence-electron chi connectivity index (χ2n) is 3.73. The lowest BCUT2D eigenvalue weighted by Crippen LogP contribution is -2.21. The third-order valence-corrected chi connectivity index (χ3v) is 2.47. The van der Waals surface area contributed by atoms with Gasteiger partial charge in [0, 0.05) is 6.42 Å². The molecule has 1 unspecified atom stereocenters. The van der Waals surface area contributed by atoms with Crippen molar-refractivity contribution in [2.24, 2.45) is 5.92 Å². The molecule has 17 heavy (non-hydrogen) atoms. The summed E-state index contributed by atoms with van der Waals surface area (Å²) in [6, 6.07) is 9.69. The minimum absolute atomic E-state index is 0.135. The van der Waals surface area contributed by atoms with Crippen molar-refractivity contribution in [2.75, 3.05) is 7.11 Å². The van der Waals surface area contributed by atoms with Gasteiger partial charge in [-0.05, 0) is 12.5 Å². The molecule has 0 heterocycles. The zero-order valence-electron chi connectivity index (χ0n) is 10.1. The molecule has 0 bridgehead atoms. The second-order valence-corrected chi connectivity index (χ2v) is 3.73. The van der Waals surface area contributed by atoms with Gasteiger partial charge in [0.25, 0.3) is 0 Å². The standard InChI is InChI=1S/C14H16O3/c1-11(14(16)17-2)13(15)10-6-9-12-7-4-3-5-8-12/h3-9,11H,10H2,1-2H3. The molecule has 0 radical (unpaired) electrons. The van der Waals surface area contributed by atoms with Crippen molar-refractivity contribution < 1.29 is 14.3 Å². The zero-order valence-corrected chi connectivity index (χ0v) is 10.1. The monoisotopic (exact) mass is 232 g/mol. The fourth-order valence-electron chi connectivity index (χ4n) is 1.36. The van der Waals surface area contributed by atoms with Crippen LogP contribution in [0.1, 0.15) is 18.9 Å². The molecule has 1 aromatic rings. The van der Waals surface area contributed by atoms with Crippen LogP contribution in [0.4, 0.5) is 0 Å². The molecule has 0 saturated heterocycles. The molecule has 1 rings (SSSR count). The Balaban J connectivity index is 2.48. The second kappa shape index (κ2) is 6.63. The maximum atomic E-state index is 11.6. The Morgan fingerprint density at radius 3 is 2.53 bits per heavy atom. The normalized spacial score (nSPS) is 12.4. The quantitative estimate of drug-likeness (QED) is 0.578. The first-order valence-corrected chi connectivity index (χ1v) is 5.47. The largest absolute Gasteiger partial charge is 0.468 e. The van der Waals surface area contributed by atoms with Crippen molar-refractivity contribution in [3.05, 3.63) is 42.0 Å². The third-order valence-electron chi connectivity index (χ3n) is 2.47. The first-order chi connectivity index (χ1) is 8.15. The van der Waals surface area contributed by atoms with Gasteiger partial charge < -0.3 is 4.74 Å². The molecule has 0 fully saturated rings. The fourth-order valence-corrected chi connectivity index (χ4v) is 1.36. The smallest absolute Gasteiger partial charge is 0.315 e. The lowest BCUT2D eigenvalue weighted by Gasteiger charge is -2.05. The average molecular weight is 232 g/mol. The van der Waals surface area contributed by atoms with E-state index >= 15 is 0 Å². The lowest BCUT2D eigenvalue weighted by atomic mass is 10.0. The van der Waals surface area contributed by atoms with Crippen molar-refractivity contribution >= 4 is 17.8 Å². The minimum atomic E-state index is -0.694. The van der Waals surface area contributed by atoms with Gasteiger partial charge in [-0.3, -0.25) is 9.59 Å². The Bertz CT molecular complexity index is 407. The number of methoxy groups -OCH3 is 1. The van der Waals surface area contributed by atoms with Crippen LogP contribution in [-0.2, 0) is 14.3 Å². The summed E-state index contributed by atoms with van der Waals surface area (Å²) in [7, 11) is 1.28. The van der Waals surface area contributed by atoms with Crippen molar-refractivity contribution in [2.45, 2.75) is 13.3 Å². The highest BCUT2D eigenvalue weighted by Crippen LogP contribution is 2.06. The molecule has 1 aromatic carbocycles. The average Bonchev–Trinajstić information content (AvgIpc) is 2.38. The number of hydrogen-bond acceptors (Lipinski definition) is 3. The Morgan fingerprint density at radius 1 is 1.29 bits per heavy atom. The van der Waals surface area contributed by atoms with E-state index in [0.29, 0.717) is 0 Å². The summed E-state index contributed by atoms with van der Waals surface area (Å²) < 4.78 is 4.51. The number of benzene rings is 1. The van der Waals surface area contributed by atoms with E-state index in [4.69, 9.17) is 0 Å². The van der Waals surface area contributed by atoms with Crippen molar-refractivity contribution in [3.8, 4) is 0 Å². The molecular weight excluding hydrogens is 216 g/mol. The van der Waals surface area contributed by atoms with Crippen LogP contribution in [0.5, 0.6) is 0 Å².